The van der Waals surface area contributed by atoms with Gasteiger partial charge in [-0.3, -0.25) is 4.98 Å². The number of alkyl halides is 1. The summed E-state index contributed by atoms with van der Waals surface area (Å²) in [5, 5.41) is 0.712. The van der Waals surface area contributed by atoms with Crippen LogP contribution in [0.3, 0.4) is 0 Å². The summed E-state index contributed by atoms with van der Waals surface area (Å²) in [6, 6.07) is 9.78. The average Bonchev–Trinajstić information content (AvgIpc) is 2.39. The zero-order chi connectivity index (χ0) is 13.0. The fraction of sp³-hybridized carbons (Fsp3) is 0.214. The molecule has 4 heteroatoms. The third-order valence-corrected chi connectivity index (χ3v) is 3.26. The maximum Gasteiger partial charge on any atom is 0.0495 e. The predicted molar refractivity (Wildman–Crippen MR) is 77.4 cm³/mol. The summed E-state index contributed by atoms with van der Waals surface area (Å²) in [5.41, 5.74) is 3.30. The number of halogens is 2. The fourth-order valence-electron chi connectivity index (χ4n) is 1.88. The quantitative estimate of drug-likeness (QED) is 0.784. The van der Waals surface area contributed by atoms with Gasteiger partial charge in [0.05, 0.1) is 0 Å². The molecule has 0 fully saturated rings. The first kappa shape index (κ1) is 13.2. The van der Waals surface area contributed by atoms with E-state index in [1.165, 1.54) is 0 Å². The zero-order valence-corrected chi connectivity index (χ0v) is 11.6. The van der Waals surface area contributed by atoms with E-state index in [9.17, 15) is 0 Å². The highest BCUT2D eigenvalue weighted by molar-refractivity contribution is 6.30. The molecule has 0 atom stereocenters. The minimum absolute atomic E-state index is 0.452. The molecule has 0 aliphatic rings. The van der Waals surface area contributed by atoms with Gasteiger partial charge >= 0.3 is 0 Å². The van der Waals surface area contributed by atoms with Gasteiger partial charge in [0.15, 0.2) is 0 Å². The standard InChI is InChI=1S/C14H14Cl2N2/c1-18(10-11-3-2-6-17-9-11)14-5-4-13(16)7-12(14)8-15/h2-7,9H,8,10H2,1H3. The molecule has 1 heterocycles. The van der Waals surface area contributed by atoms with Crippen LogP contribution in [0, 0.1) is 0 Å². The monoisotopic (exact) mass is 280 g/mol. The first-order chi connectivity index (χ1) is 8.70. The van der Waals surface area contributed by atoms with Gasteiger partial charge in [0.25, 0.3) is 0 Å². The smallest absolute Gasteiger partial charge is 0.0495 e. The number of nitrogens with zero attached hydrogens (tertiary/aromatic N) is 2. The Kier molecular flexibility index (Phi) is 4.45. The Bertz CT molecular complexity index is 514. The van der Waals surface area contributed by atoms with Crippen molar-refractivity contribution in [1.82, 2.24) is 4.98 Å². The lowest BCUT2D eigenvalue weighted by Gasteiger charge is -2.22. The van der Waals surface area contributed by atoms with Crippen molar-refractivity contribution in [1.29, 1.82) is 0 Å². The van der Waals surface area contributed by atoms with Gasteiger partial charge in [0.1, 0.15) is 0 Å². The normalized spacial score (nSPS) is 10.4. The summed E-state index contributed by atoms with van der Waals surface area (Å²) in [6.07, 6.45) is 3.64. The molecule has 94 valence electrons. The van der Waals surface area contributed by atoms with Crippen molar-refractivity contribution in [2.75, 3.05) is 11.9 Å². The van der Waals surface area contributed by atoms with E-state index in [4.69, 9.17) is 23.2 Å². The lowest BCUT2D eigenvalue weighted by Crippen LogP contribution is -2.17. The second-order valence-corrected chi connectivity index (χ2v) is 4.83. The number of pyridine rings is 1. The van der Waals surface area contributed by atoms with Gasteiger partial charge in [-0.25, -0.2) is 0 Å². The van der Waals surface area contributed by atoms with Crippen molar-refractivity contribution in [3.05, 3.63) is 58.9 Å². The van der Waals surface area contributed by atoms with Crippen molar-refractivity contribution in [2.24, 2.45) is 0 Å². The van der Waals surface area contributed by atoms with Crippen LogP contribution in [0.15, 0.2) is 42.7 Å². The van der Waals surface area contributed by atoms with E-state index in [2.05, 4.69) is 16.0 Å². The van der Waals surface area contributed by atoms with E-state index in [-0.39, 0.29) is 0 Å². The van der Waals surface area contributed by atoms with Gasteiger partial charge in [0.2, 0.25) is 0 Å². The van der Waals surface area contributed by atoms with Gasteiger partial charge in [0, 0.05) is 42.6 Å². The number of anilines is 1. The summed E-state index contributed by atoms with van der Waals surface area (Å²) in [4.78, 5) is 6.26. The Hall–Kier alpha value is -1.25. The summed E-state index contributed by atoms with van der Waals surface area (Å²) in [7, 11) is 2.03. The topological polar surface area (TPSA) is 16.1 Å². The molecule has 1 aromatic carbocycles. The number of hydrogen-bond donors (Lipinski definition) is 0. The van der Waals surface area contributed by atoms with Crippen LogP contribution in [0.2, 0.25) is 5.02 Å². The highest BCUT2D eigenvalue weighted by Gasteiger charge is 2.08. The molecule has 0 saturated carbocycles. The maximum atomic E-state index is 5.97. The fourth-order valence-corrected chi connectivity index (χ4v) is 2.29. The maximum absolute atomic E-state index is 5.97. The molecular formula is C14H14Cl2N2. The van der Waals surface area contributed by atoms with E-state index >= 15 is 0 Å². The van der Waals surface area contributed by atoms with Crippen LogP contribution in [0.25, 0.3) is 0 Å². The molecule has 2 rings (SSSR count). The molecule has 0 radical (unpaired) electrons. The Balaban J connectivity index is 2.21. The summed E-state index contributed by atoms with van der Waals surface area (Å²) in [5.74, 6) is 0.452. The lowest BCUT2D eigenvalue weighted by atomic mass is 10.1. The highest BCUT2D eigenvalue weighted by atomic mass is 35.5. The van der Waals surface area contributed by atoms with Crippen molar-refractivity contribution < 1.29 is 0 Å². The predicted octanol–water partition coefficient (Wildman–Crippen LogP) is 4.11. The molecule has 0 aliphatic heterocycles. The van der Waals surface area contributed by atoms with Gasteiger partial charge in [-0.15, -0.1) is 11.6 Å². The minimum atomic E-state index is 0.452. The number of hydrogen-bond acceptors (Lipinski definition) is 2. The molecule has 0 aliphatic carbocycles. The Morgan fingerprint density at radius 1 is 1.28 bits per heavy atom. The van der Waals surface area contributed by atoms with Gasteiger partial charge in [-0.05, 0) is 35.4 Å². The SMILES string of the molecule is CN(Cc1cccnc1)c1ccc(Cl)cc1CCl. The number of rotatable bonds is 4. The lowest BCUT2D eigenvalue weighted by molar-refractivity contribution is 0.909. The van der Waals surface area contributed by atoms with Crippen LogP contribution < -0.4 is 4.90 Å². The van der Waals surface area contributed by atoms with Crippen LogP contribution in [-0.4, -0.2) is 12.0 Å². The molecule has 0 bridgehead atoms. The first-order valence-electron chi connectivity index (χ1n) is 5.65. The van der Waals surface area contributed by atoms with Crippen molar-refractivity contribution in [2.45, 2.75) is 12.4 Å². The number of benzene rings is 1. The van der Waals surface area contributed by atoms with E-state index in [1.54, 1.807) is 6.20 Å². The van der Waals surface area contributed by atoms with Crippen molar-refractivity contribution in [3.63, 3.8) is 0 Å². The molecular weight excluding hydrogens is 267 g/mol. The van der Waals surface area contributed by atoms with Crippen molar-refractivity contribution >= 4 is 28.9 Å². The largest absolute Gasteiger partial charge is 0.370 e. The molecule has 18 heavy (non-hydrogen) atoms. The summed E-state index contributed by atoms with van der Waals surface area (Å²) < 4.78 is 0. The van der Waals surface area contributed by atoms with Crippen LogP contribution in [0.5, 0.6) is 0 Å². The number of aromatic nitrogens is 1. The Labute approximate surface area is 117 Å². The van der Waals surface area contributed by atoms with E-state index in [1.807, 2.05) is 37.5 Å². The Morgan fingerprint density at radius 3 is 2.78 bits per heavy atom. The summed E-state index contributed by atoms with van der Waals surface area (Å²) >= 11 is 11.9. The molecule has 2 aromatic rings. The molecule has 0 N–H and O–H groups in total. The van der Waals surface area contributed by atoms with Crippen LogP contribution in [0.4, 0.5) is 5.69 Å². The molecule has 0 spiro atoms. The molecule has 0 unspecified atom stereocenters. The van der Waals surface area contributed by atoms with Crippen molar-refractivity contribution in [3.8, 4) is 0 Å². The summed E-state index contributed by atoms with van der Waals surface area (Å²) in [6.45, 7) is 0.791. The third kappa shape index (κ3) is 3.15. The minimum Gasteiger partial charge on any atom is -0.370 e. The van der Waals surface area contributed by atoms with Crippen LogP contribution >= 0.6 is 23.2 Å². The molecule has 1 aromatic heterocycles. The average molecular weight is 281 g/mol. The van der Waals surface area contributed by atoms with Gasteiger partial charge in [-0.1, -0.05) is 17.7 Å². The third-order valence-electron chi connectivity index (χ3n) is 2.74. The van der Waals surface area contributed by atoms with Gasteiger partial charge in [-0.2, -0.15) is 0 Å². The second kappa shape index (κ2) is 6.07. The second-order valence-electron chi connectivity index (χ2n) is 4.12. The van der Waals surface area contributed by atoms with Crippen LogP contribution in [0.1, 0.15) is 11.1 Å². The molecule has 2 nitrogen and oxygen atoms in total. The molecule has 0 saturated heterocycles. The first-order valence-corrected chi connectivity index (χ1v) is 6.56. The molecule has 0 amide bonds. The zero-order valence-electron chi connectivity index (χ0n) is 10.1. The van der Waals surface area contributed by atoms with Gasteiger partial charge < -0.3 is 4.90 Å². The Morgan fingerprint density at radius 2 is 2.11 bits per heavy atom. The van der Waals surface area contributed by atoms with Crippen LogP contribution in [-0.2, 0) is 12.4 Å². The highest BCUT2D eigenvalue weighted by Crippen LogP contribution is 2.26. The van der Waals surface area contributed by atoms with E-state index in [0.29, 0.717) is 10.9 Å². The van der Waals surface area contributed by atoms with E-state index < -0.39 is 0 Å². The van der Waals surface area contributed by atoms with E-state index in [0.717, 1.165) is 23.4 Å².